The molecular weight excluding hydrogens is 312 g/mol. The van der Waals surface area contributed by atoms with Crippen molar-refractivity contribution >= 4 is 11.7 Å². The molecule has 1 atom stereocenters. The van der Waals surface area contributed by atoms with Gasteiger partial charge in [-0.2, -0.15) is 0 Å². The molecule has 1 aliphatic heterocycles. The first-order valence-electron chi connectivity index (χ1n) is 9.01. The summed E-state index contributed by atoms with van der Waals surface area (Å²) in [5.41, 5.74) is 3.68. The van der Waals surface area contributed by atoms with Crippen LogP contribution in [0.3, 0.4) is 0 Å². The lowest BCUT2D eigenvalue weighted by Gasteiger charge is -2.33. The molecule has 4 nitrogen and oxygen atoms in total. The molecule has 1 unspecified atom stereocenters. The molecule has 0 radical (unpaired) electrons. The molecule has 2 N–H and O–H groups in total. The number of nitrogens with zero attached hydrogens (tertiary/aromatic N) is 1. The van der Waals surface area contributed by atoms with Crippen LogP contribution in [-0.4, -0.2) is 28.6 Å². The Balaban J connectivity index is 1.55. The summed E-state index contributed by atoms with van der Waals surface area (Å²) in [6.07, 6.45) is 3.96. The molecule has 4 heteroatoms. The average molecular weight is 338 g/mol. The van der Waals surface area contributed by atoms with Crippen LogP contribution in [0.5, 0.6) is 0 Å². The maximum Gasteiger partial charge on any atom is 0.335 e. The van der Waals surface area contributed by atoms with Crippen LogP contribution >= 0.6 is 0 Å². The number of carboxylic acids is 1. The van der Waals surface area contributed by atoms with Crippen molar-refractivity contribution in [2.45, 2.75) is 45.3 Å². The number of likely N-dealkylation sites (tertiary alicyclic amines) is 1. The minimum Gasteiger partial charge on any atom is -0.478 e. The standard InChI is InChI=1S/C21H26N2O2/c1-16-5-2-3-12-23(16)15-17-8-10-20(11-9-17)22-14-18-6-4-7-19(13-18)21(24)25/h4,6-11,13,16,22H,2-3,5,12,14-15H2,1H3,(H,24,25). The zero-order valence-corrected chi connectivity index (χ0v) is 14.7. The maximum atomic E-state index is 11.0. The summed E-state index contributed by atoms with van der Waals surface area (Å²) in [6.45, 7) is 5.15. The molecule has 2 aromatic carbocycles. The second kappa shape index (κ2) is 8.17. The summed E-state index contributed by atoms with van der Waals surface area (Å²) in [4.78, 5) is 13.6. The molecular formula is C21H26N2O2. The van der Waals surface area contributed by atoms with Gasteiger partial charge < -0.3 is 10.4 Å². The van der Waals surface area contributed by atoms with Gasteiger partial charge in [0.15, 0.2) is 0 Å². The van der Waals surface area contributed by atoms with E-state index >= 15 is 0 Å². The van der Waals surface area contributed by atoms with Gasteiger partial charge in [0.1, 0.15) is 0 Å². The Morgan fingerprint density at radius 2 is 1.96 bits per heavy atom. The fourth-order valence-electron chi connectivity index (χ4n) is 3.37. The van der Waals surface area contributed by atoms with Crippen LogP contribution < -0.4 is 5.32 Å². The smallest absolute Gasteiger partial charge is 0.335 e. The van der Waals surface area contributed by atoms with Gasteiger partial charge in [-0.3, -0.25) is 4.90 Å². The molecule has 3 rings (SSSR count). The number of hydrogen-bond donors (Lipinski definition) is 2. The van der Waals surface area contributed by atoms with E-state index in [0.717, 1.165) is 17.8 Å². The molecule has 1 aliphatic rings. The quantitative estimate of drug-likeness (QED) is 0.821. The van der Waals surface area contributed by atoms with Crippen molar-refractivity contribution in [2.75, 3.05) is 11.9 Å². The van der Waals surface area contributed by atoms with E-state index in [-0.39, 0.29) is 0 Å². The third-order valence-corrected chi connectivity index (χ3v) is 4.95. The lowest BCUT2D eigenvalue weighted by molar-refractivity contribution is 0.0696. The normalized spacial score (nSPS) is 18.0. The Labute approximate surface area is 149 Å². The molecule has 1 heterocycles. The van der Waals surface area contributed by atoms with E-state index in [1.165, 1.54) is 31.4 Å². The molecule has 0 saturated carbocycles. The van der Waals surface area contributed by atoms with Crippen LogP contribution in [0.1, 0.15) is 47.7 Å². The third kappa shape index (κ3) is 4.83. The monoisotopic (exact) mass is 338 g/mol. The number of piperidine rings is 1. The topological polar surface area (TPSA) is 52.6 Å². The molecule has 25 heavy (non-hydrogen) atoms. The minimum absolute atomic E-state index is 0.324. The van der Waals surface area contributed by atoms with E-state index in [2.05, 4.69) is 41.4 Å². The number of nitrogens with one attached hydrogen (secondary N) is 1. The Morgan fingerprint density at radius 3 is 2.68 bits per heavy atom. The Bertz CT molecular complexity index is 712. The molecule has 1 saturated heterocycles. The molecule has 0 bridgehead atoms. The molecule has 132 valence electrons. The summed E-state index contributed by atoms with van der Waals surface area (Å²) in [7, 11) is 0. The van der Waals surface area contributed by atoms with E-state index in [1.54, 1.807) is 18.2 Å². The van der Waals surface area contributed by atoms with Crippen molar-refractivity contribution < 1.29 is 9.90 Å². The fourth-order valence-corrected chi connectivity index (χ4v) is 3.37. The first-order chi connectivity index (χ1) is 12.1. The summed E-state index contributed by atoms with van der Waals surface area (Å²) in [6, 6.07) is 16.3. The Kier molecular flexibility index (Phi) is 5.71. The number of benzene rings is 2. The number of aromatic carboxylic acids is 1. The Morgan fingerprint density at radius 1 is 1.16 bits per heavy atom. The van der Waals surface area contributed by atoms with E-state index in [0.29, 0.717) is 18.2 Å². The van der Waals surface area contributed by atoms with Gasteiger partial charge >= 0.3 is 5.97 Å². The van der Waals surface area contributed by atoms with Gasteiger partial charge in [0.2, 0.25) is 0 Å². The fraction of sp³-hybridized carbons (Fsp3) is 0.381. The molecule has 0 amide bonds. The van der Waals surface area contributed by atoms with E-state index < -0.39 is 5.97 Å². The highest BCUT2D eigenvalue weighted by Gasteiger charge is 2.17. The molecule has 0 spiro atoms. The van der Waals surface area contributed by atoms with E-state index in [9.17, 15) is 4.79 Å². The highest BCUT2D eigenvalue weighted by Crippen LogP contribution is 2.20. The predicted molar refractivity (Wildman–Crippen MR) is 101 cm³/mol. The zero-order valence-electron chi connectivity index (χ0n) is 14.7. The van der Waals surface area contributed by atoms with Crippen molar-refractivity contribution in [3.05, 3.63) is 65.2 Å². The molecule has 1 fully saturated rings. The number of carbonyl (C=O) groups is 1. The molecule has 0 aliphatic carbocycles. The summed E-state index contributed by atoms with van der Waals surface area (Å²) >= 11 is 0. The van der Waals surface area contributed by atoms with Crippen LogP contribution in [0, 0.1) is 0 Å². The van der Waals surface area contributed by atoms with Crippen molar-refractivity contribution in [1.82, 2.24) is 4.90 Å². The van der Waals surface area contributed by atoms with Gasteiger partial charge in [-0.25, -0.2) is 4.79 Å². The van der Waals surface area contributed by atoms with Crippen molar-refractivity contribution in [3.8, 4) is 0 Å². The number of anilines is 1. The first-order valence-corrected chi connectivity index (χ1v) is 9.01. The lowest BCUT2D eigenvalue weighted by atomic mass is 10.0. The second-order valence-corrected chi connectivity index (χ2v) is 6.87. The van der Waals surface area contributed by atoms with Crippen molar-refractivity contribution in [3.63, 3.8) is 0 Å². The zero-order chi connectivity index (χ0) is 17.6. The van der Waals surface area contributed by atoms with E-state index in [4.69, 9.17) is 5.11 Å². The van der Waals surface area contributed by atoms with Crippen LogP contribution in [0.15, 0.2) is 48.5 Å². The number of rotatable bonds is 6. The van der Waals surface area contributed by atoms with Gasteiger partial charge in [0.05, 0.1) is 5.56 Å². The van der Waals surface area contributed by atoms with Crippen LogP contribution in [0.2, 0.25) is 0 Å². The van der Waals surface area contributed by atoms with Gasteiger partial charge in [-0.15, -0.1) is 0 Å². The largest absolute Gasteiger partial charge is 0.478 e. The Hall–Kier alpha value is -2.33. The third-order valence-electron chi connectivity index (χ3n) is 4.95. The SMILES string of the molecule is CC1CCCCN1Cc1ccc(NCc2cccc(C(=O)O)c2)cc1. The summed E-state index contributed by atoms with van der Waals surface area (Å²) in [5, 5.41) is 12.4. The van der Waals surface area contributed by atoms with E-state index in [1.807, 2.05) is 6.07 Å². The van der Waals surface area contributed by atoms with Crippen molar-refractivity contribution in [1.29, 1.82) is 0 Å². The first kappa shape index (κ1) is 17.5. The molecule has 2 aromatic rings. The predicted octanol–water partition coefficient (Wildman–Crippen LogP) is 4.37. The van der Waals surface area contributed by atoms with Gasteiger partial charge in [0.25, 0.3) is 0 Å². The number of hydrogen-bond acceptors (Lipinski definition) is 3. The average Bonchev–Trinajstić information content (AvgIpc) is 2.63. The van der Waals surface area contributed by atoms with Crippen LogP contribution in [-0.2, 0) is 13.1 Å². The van der Waals surface area contributed by atoms with Gasteiger partial charge in [-0.1, -0.05) is 30.7 Å². The summed E-state index contributed by atoms with van der Waals surface area (Å²) < 4.78 is 0. The molecule has 0 aromatic heterocycles. The lowest BCUT2D eigenvalue weighted by Crippen LogP contribution is -2.36. The second-order valence-electron chi connectivity index (χ2n) is 6.87. The van der Waals surface area contributed by atoms with Crippen LogP contribution in [0.4, 0.5) is 5.69 Å². The van der Waals surface area contributed by atoms with Gasteiger partial charge in [-0.05, 0) is 61.7 Å². The summed E-state index contributed by atoms with van der Waals surface area (Å²) in [5.74, 6) is -0.891. The van der Waals surface area contributed by atoms with Gasteiger partial charge in [0, 0.05) is 24.8 Å². The van der Waals surface area contributed by atoms with Crippen LogP contribution in [0.25, 0.3) is 0 Å². The maximum absolute atomic E-state index is 11.0. The highest BCUT2D eigenvalue weighted by atomic mass is 16.4. The minimum atomic E-state index is -0.891. The van der Waals surface area contributed by atoms with Crippen molar-refractivity contribution in [2.24, 2.45) is 0 Å². The number of carboxylic acid groups (broad SMARTS) is 1. The highest BCUT2D eigenvalue weighted by molar-refractivity contribution is 5.87.